The van der Waals surface area contributed by atoms with Gasteiger partial charge in [-0.15, -0.1) is 0 Å². The van der Waals surface area contributed by atoms with Crippen molar-refractivity contribution in [3.05, 3.63) is 53.6 Å². The molecule has 0 radical (unpaired) electrons. The van der Waals surface area contributed by atoms with E-state index in [0.717, 1.165) is 12.1 Å². The molecule has 2 aromatic rings. The molecule has 0 spiro atoms. The minimum Gasteiger partial charge on any atom is -0.346 e. The molecule has 98 valence electrons. The van der Waals surface area contributed by atoms with E-state index in [0.29, 0.717) is 18.3 Å². The van der Waals surface area contributed by atoms with Gasteiger partial charge in [0.25, 0.3) is 0 Å². The van der Waals surface area contributed by atoms with Gasteiger partial charge >= 0.3 is 0 Å². The highest BCUT2D eigenvalue weighted by atomic mass is 15.0. The summed E-state index contributed by atoms with van der Waals surface area (Å²) in [4.78, 5) is 4.09. The van der Waals surface area contributed by atoms with Gasteiger partial charge in [-0.2, -0.15) is 5.26 Å². The summed E-state index contributed by atoms with van der Waals surface area (Å²) in [7, 11) is 0. The van der Waals surface area contributed by atoms with Crippen molar-refractivity contribution >= 4 is 0 Å². The Hall–Kier alpha value is -2.12. The normalized spacial score (nSPS) is 10.6. The van der Waals surface area contributed by atoms with Gasteiger partial charge in [-0.05, 0) is 18.2 Å². The molecule has 19 heavy (non-hydrogen) atoms. The first-order valence-electron chi connectivity index (χ1n) is 6.42. The molecule has 1 N–H and O–H groups in total. The molecule has 0 aliphatic heterocycles. The second-order valence-electron chi connectivity index (χ2n) is 4.79. The first-order chi connectivity index (χ1) is 9.20. The number of aromatic nitrogens is 2. The van der Waals surface area contributed by atoms with Crippen LogP contribution in [0, 0.1) is 11.3 Å². The monoisotopic (exact) mass is 254 g/mol. The van der Waals surface area contributed by atoms with E-state index in [9.17, 15) is 0 Å². The van der Waals surface area contributed by atoms with E-state index >= 15 is 0 Å². The second-order valence-corrected chi connectivity index (χ2v) is 4.79. The summed E-state index contributed by atoms with van der Waals surface area (Å²) in [6.45, 7) is 5.76. The third kappa shape index (κ3) is 3.43. The number of hydrogen-bond acceptors (Lipinski definition) is 3. The maximum atomic E-state index is 9.06. The fourth-order valence-corrected chi connectivity index (χ4v) is 1.92. The molecule has 2 heterocycles. The van der Waals surface area contributed by atoms with Crippen LogP contribution in [-0.4, -0.2) is 15.6 Å². The quantitative estimate of drug-likeness (QED) is 0.890. The fourth-order valence-electron chi connectivity index (χ4n) is 1.92. The smallest absolute Gasteiger partial charge is 0.145 e. The average molecular weight is 254 g/mol. The van der Waals surface area contributed by atoms with Gasteiger partial charge in [0, 0.05) is 36.2 Å². The van der Waals surface area contributed by atoms with Gasteiger partial charge in [-0.25, -0.2) is 4.98 Å². The lowest BCUT2D eigenvalue weighted by Gasteiger charge is -2.12. The predicted molar refractivity (Wildman–Crippen MR) is 74.5 cm³/mol. The molecule has 0 atom stereocenters. The molecule has 0 aliphatic carbocycles. The van der Waals surface area contributed by atoms with E-state index in [1.165, 1.54) is 5.69 Å². The zero-order valence-electron chi connectivity index (χ0n) is 11.3. The minimum atomic E-state index is 0.455. The molecule has 0 saturated carbocycles. The average Bonchev–Trinajstić information content (AvgIpc) is 2.84. The van der Waals surface area contributed by atoms with E-state index in [2.05, 4.69) is 40.9 Å². The Bertz CT molecular complexity index is 578. The molecule has 4 nitrogen and oxygen atoms in total. The van der Waals surface area contributed by atoms with Crippen molar-refractivity contribution in [2.75, 3.05) is 0 Å². The SMILES string of the molecule is CC(C)NCc1cccn1Cc1cccnc1C#N. The number of nitrogens with one attached hydrogen (secondary N) is 1. The summed E-state index contributed by atoms with van der Waals surface area (Å²) in [6.07, 6.45) is 3.68. The minimum absolute atomic E-state index is 0.455. The molecule has 0 bridgehead atoms. The zero-order valence-corrected chi connectivity index (χ0v) is 11.3. The summed E-state index contributed by atoms with van der Waals surface area (Å²) in [6, 6.07) is 10.5. The van der Waals surface area contributed by atoms with Crippen molar-refractivity contribution < 1.29 is 0 Å². The van der Waals surface area contributed by atoms with Crippen LogP contribution < -0.4 is 5.32 Å². The van der Waals surface area contributed by atoms with Crippen LogP contribution in [-0.2, 0) is 13.1 Å². The van der Waals surface area contributed by atoms with Crippen molar-refractivity contribution in [1.82, 2.24) is 14.9 Å². The van der Waals surface area contributed by atoms with Crippen LogP contribution >= 0.6 is 0 Å². The van der Waals surface area contributed by atoms with Crippen LogP contribution in [0.2, 0.25) is 0 Å². The van der Waals surface area contributed by atoms with E-state index in [-0.39, 0.29) is 0 Å². The van der Waals surface area contributed by atoms with Gasteiger partial charge in [-0.1, -0.05) is 19.9 Å². The maximum absolute atomic E-state index is 9.06. The van der Waals surface area contributed by atoms with E-state index < -0.39 is 0 Å². The summed E-state index contributed by atoms with van der Waals surface area (Å²) in [5.41, 5.74) is 2.66. The Labute approximate surface area is 113 Å². The molecular formula is C15H18N4. The third-order valence-corrected chi connectivity index (χ3v) is 2.95. The molecule has 2 rings (SSSR count). The third-order valence-electron chi connectivity index (χ3n) is 2.95. The molecule has 0 saturated heterocycles. The molecule has 2 aromatic heterocycles. The predicted octanol–water partition coefficient (Wildman–Crippen LogP) is 2.30. The lowest BCUT2D eigenvalue weighted by atomic mass is 10.2. The number of hydrogen-bond donors (Lipinski definition) is 1. The van der Waals surface area contributed by atoms with Crippen LogP contribution in [0.5, 0.6) is 0 Å². The summed E-state index contributed by atoms with van der Waals surface area (Å²) < 4.78 is 2.15. The summed E-state index contributed by atoms with van der Waals surface area (Å²) >= 11 is 0. The van der Waals surface area contributed by atoms with Crippen LogP contribution in [0.15, 0.2) is 36.7 Å². The van der Waals surface area contributed by atoms with Gasteiger partial charge in [-0.3, -0.25) is 0 Å². The molecule has 0 fully saturated rings. The first-order valence-corrected chi connectivity index (χ1v) is 6.42. The van der Waals surface area contributed by atoms with E-state index in [1.807, 2.05) is 24.4 Å². The van der Waals surface area contributed by atoms with Crippen LogP contribution in [0.25, 0.3) is 0 Å². The van der Waals surface area contributed by atoms with Gasteiger partial charge in [0.05, 0.1) is 6.54 Å². The topological polar surface area (TPSA) is 53.6 Å². The maximum Gasteiger partial charge on any atom is 0.145 e. The molecule has 0 aromatic carbocycles. The number of nitrogens with zero attached hydrogens (tertiary/aromatic N) is 3. The van der Waals surface area contributed by atoms with Gasteiger partial charge in [0.1, 0.15) is 11.8 Å². The lowest BCUT2D eigenvalue weighted by molar-refractivity contribution is 0.564. The van der Waals surface area contributed by atoms with Gasteiger partial charge in [0.2, 0.25) is 0 Å². The van der Waals surface area contributed by atoms with E-state index in [4.69, 9.17) is 5.26 Å². The van der Waals surface area contributed by atoms with Gasteiger partial charge in [0.15, 0.2) is 0 Å². The first kappa shape index (κ1) is 13.3. The Morgan fingerprint density at radius 2 is 2.21 bits per heavy atom. The standard InChI is InChI=1S/C15H18N4/c1-12(2)18-10-14-6-4-8-19(14)11-13-5-3-7-17-15(13)9-16/h3-8,12,18H,10-11H2,1-2H3. The van der Waals surface area contributed by atoms with Gasteiger partial charge < -0.3 is 9.88 Å². The Morgan fingerprint density at radius 1 is 1.37 bits per heavy atom. The fraction of sp³-hybridized carbons (Fsp3) is 0.333. The van der Waals surface area contributed by atoms with Crippen LogP contribution in [0.1, 0.15) is 30.8 Å². The van der Waals surface area contributed by atoms with Crippen molar-refractivity contribution in [3.63, 3.8) is 0 Å². The number of nitriles is 1. The Morgan fingerprint density at radius 3 is 2.95 bits per heavy atom. The summed E-state index contributed by atoms with van der Waals surface area (Å²) in [5, 5.41) is 12.5. The number of pyridine rings is 1. The second kappa shape index (κ2) is 6.17. The Balaban J connectivity index is 2.15. The summed E-state index contributed by atoms with van der Waals surface area (Å²) in [5.74, 6) is 0. The molecule has 0 unspecified atom stereocenters. The Kier molecular flexibility index (Phi) is 4.32. The van der Waals surface area contributed by atoms with Crippen molar-refractivity contribution in [1.29, 1.82) is 5.26 Å². The van der Waals surface area contributed by atoms with Crippen LogP contribution in [0.4, 0.5) is 0 Å². The molecule has 0 aliphatic rings. The van der Waals surface area contributed by atoms with Crippen LogP contribution in [0.3, 0.4) is 0 Å². The molecule has 4 heteroatoms. The lowest BCUT2D eigenvalue weighted by Crippen LogP contribution is -2.23. The molecule has 0 amide bonds. The number of rotatable bonds is 5. The highest BCUT2D eigenvalue weighted by molar-refractivity contribution is 5.31. The van der Waals surface area contributed by atoms with Crippen molar-refractivity contribution in [2.45, 2.75) is 33.0 Å². The largest absolute Gasteiger partial charge is 0.346 e. The molecular weight excluding hydrogens is 236 g/mol. The van der Waals surface area contributed by atoms with Crippen molar-refractivity contribution in [2.24, 2.45) is 0 Å². The van der Waals surface area contributed by atoms with Crippen molar-refractivity contribution in [3.8, 4) is 6.07 Å². The highest BCUT2D eigenvalue weighted by Crippen LogP contribution is 2.10. The highest BCUT2D eigenvalue weighted by Gasteiger charge is 2.06. The zero-order chi connectivity index (χ0) is 13.7. The van der Waals surface area contributed by atoms with E-state index in [1.54, 1.807) is 6.20 Å².